The van der Waals surface area contributed by atoms with Crippen LogP contribution in [0.5, 0.6) is 11.5 Å². The summed E-state index contributed by atoms with van der Waals surface area (Å²) in [7, 11) is 1.65. The first-order valence-corrected chi connectivity index (χ1v) is 8.23. The van der Waals surface area contributed by atoms with E-state index in [1.807, 2.05) is 24.3 Å². The summed E-state index contributed by atoms with van der Waals surface area (Å²) in [5.41, 5.74) is 1.53. The van der Waals surface area contributed by atoms with E-state index in [0.717, 1.165) is 17.7 Å². The Kier molecular flexibility index (Phi) is 4.90. The van der Waals surface area contributed by atoms with Crippen molar-refractivity contribution >= 4 is 5.91 Å². The van der Waals surface area contributed by atoms with E-state index in [-0.39, 0.29) is 17.9 Å². The highest BCUT2D eigenvalue weighted by Crippen LogP contribution is 2.44. The van der Waals surface area contributed by atoms with Gasteiger partial charge < -0.3 is 14.8 Å². The van der Waals surface area contributed by atoms with Gasteiger partial charge in [-0.2, -0.15) is 5.26 Å². The molecule has 25 heavy (non-hydrogen) atoms. The summed E-state index contributed by atoms with van der Waals surface area (Å²) in [6, 6.07) is 16.9. The van der Waals surface area contributed by atoms with E-state index in [9.17, 15) is 4.79 Å². The third-order valence-electron chi connectivity index (χ3n) is 4.34. The molecule has 0 unspecified atom stereocenters. The molecule has 5 heteroatoms. The normalized spacial score (nSPS) is 19.4. The van der Waals surface area contributed by atoms with Crippen molar-refractivity contribution in [3.63, 3.8) is 0 Å². The van der Waals surface area contributed by atoms with Crippen LogP contribution in [-0.4, -0.2) is 25.2 Å². The van der Waals surface area contributed by atoms with E-state index in [1.54, 1.807) is 38.3 Å². The molecular formula is C20H20N2O3. The lowest BCUT2D eigenvalue weighted by Crippen LogP contribution is -2.38. The molecule has 1 N–H and O–H groups in total. The maximum absolute atomic E-state index is 12.4. The van der Waals surface area contributed by atoms with Gasteiger partial charge in [-0.25, -0.2) is 0 Å². The molecule has 1 fully saturated rings. The Morgan fingerprint density at radius 1 is 1.20 bits per heavy atom. The van der Waals surface area contributed by atoms with Crippen LogP contribution in [0.15, 0.2) is 48.5 Å². The van der Waals surface area contributed by atoms with E-state index in [2.05, 4.69) is 11.4 Å². The van der Waals surface area contributed by atoms with Crippen molar-refractivity contribution in [3.05, 3.63) is 59.7 Å². The van der Waals surface area contributed by atoms with Gasteiger partial charge in [0.2, 0.25) is 0 Å². The van der Waals surface area contributed by atoms with Gasteiger partial charge in [0.05, 0.1) is 12.7 Å². The first kappa shape index (κ1) is 16.8. The molecule has 2 aromatic carbocycles. The van der Waals surface area contributed by atoms with Gasteiger partial charge in [-0.1, -0.05) is 30.3 Å². The minimum atomic E-state index is -0.673. The SMILES string of the molecule is COc1ccccc1[C@@H]1C[C@@H]1NC(=O)[C@H](C)Oc1ccccc1C#N. The number of ether oxygens (including phenoxy) is 2. The summed E-state index contributed by atoms with van der Waals surface area (Å²) in [5.74, 6) is 1.34. The molecule has 3 atom stereocenters. The average molecular weight is 336 g/mol. The molecular weight excluding hydrogens is 316 g/mol. The van der Waals surface area contributed by atoms with Gasteiger partial charge in [-0.15, -0.1) is 0 Å². The van der Waals surface area contributed by atoms with Crippen LogP contribution in [0.3, 0.4) is 0 Å². The van der Waals surface area contributed by atoms with Crippen LogP contribution in [0.25, 0.3) is 0 Å². The third kappa shape index (κ3) is 3.74. The van der Waals surface area contributed by atoms with Gasteiger partial charge in [-0.3, -0.25) is 4.79 Å². The number of nitriles is 1. The molecule has 1 amide bonds. The minimum absolute atomic E-state index is 0.0843. The Hall–Kier alpha value is -3.00. The van der Waals surface area contributed by atoms with Gasteiger partial charge in [0, 0.05) is 12.0 Å². The number of hydrogen-bond donors (Lipinski definition) is 1. The van der Waals surface area contributed by atoms with Crippen LogP contribution in [0.4, 0.5) is 0 Å². The van der Waals surface area contributed by atoms with Gasteiger partial charge in [0.25, 0.3) is 5.91 Å². The Bertz CT molecular complexity index is 813. The third-order valence-corrected chi connectivity index (χ3v) is 4.34. The molecule has 0 spiro atoms. The summed E-state index contributed by atoms with van der Waals surface area (Å²) in [6.45, 7) is 1.68. The fourth-order valence-corrected chi connectivity index (χ4v) is 2.88. The molecule has 0 heterocycles. The molecule has 1 aliphatic carbocycles. The molecule has 0 bridgehead atoms. The highest BCUT2D eigenvalue weighted by atomic mass is 16.5. The van der Waals surface area contributed by atoms with Crippen LogP contribution < -0.4 is 14.8 Å². The van der Waals surface area contributed by atoms with Crippen LogP contribution >= 0.6 is 0 Å². The van der Waals surface area contributed by atoms with Gasteiger partial charge >= 0.3 is 0 Å². The molecule has 128 valence electrons. The Labute approximate surface area is 147 Å². The Balaban J connectivity index is 1.59. The van der Waals surface area contributed by atoms with Crippen LogP contribution in [0.1, 0.15) is 30.4 Å². The number of para-hydroxylation sites is 2. The molecule has 2 aromatic rings. The van der Waals surface area contributed by atoms with Crippen LogP contribution in [0.2, 0.25) is 0 Å². The highest BCUT2D eigenvalue weighted by Gasteiger charge is 2.41. The largest absolute Gasteiger partial charge is 0.496 e. The second-order valence-corrected chi connectivity index (χ2v) is 6.07. The number of hydrogen-bond acceptors (Lipinski definition) is 4. The fraction of sp³-hybridized carbons (Fsp3) is 0.300. The quantitative estimate of drug-likeness (QED) is 0.880. The maximum Gasteiger partial charge on any atom is 0.261 e. The van der Waals surface area contributed by atoms with Gasteiger partial charge in [0.15, 0.2) is 6.10 Å². The summed E-state index contributed by atoms with van der Waals surface area (Å²) < 4.78 is 11.0. The van der Waals surface area contributed by atoms with E-state index < -0.39 is 6.10 Å². The van der Waals surface area contributed by atoms with E-state index >= 15 is 0 Å². The predicted octanol–water partition coefficient (Wildman–Crippen LogP) is 3.01. The monoisotopic (exact) mass is 336 g/mol. The topological polar surface area (TPSA) is 71.3 Å². The second-order valence-electron chi connectivity index (χ2n) is 6.07. The van der Waals surface area contributed by atoms with Crippen molar-refractivity contribution in [2.24, 2.45) is 0 Å². The standard InChI is InChI=1S/C20H20N2O3/c1-13(25-18-9-5-3-7-14(18)12-21)20(23)22-17-11-16(17)15-8-4-6-10-19(15)24-2/h3-10,13,16-17H,11H2,1-2H3,(H,22,23)/t13-,16-,17-/m0/s1. The van der Waals surface area contributed by atoms with Crippen molar-refractivity contribution in [3.8, 4) is 17.6 Å². The number of amides is 1. The number of rotatable bonds is 6. The zero-order valence-electron chi connectivity index (χ0n) is 14.2. The van der Waals surface area contributed by atoms with Crippen molar-refractivity contribution < 1.29 is 14.3 Å². The molecule has 1 aliphatic rings. The van der Waals surface area contributed by atoms with Crippen LogP contribution in [0, 0.1) is 11.3 Å². The first-order chi connectivity index (χ1) is 12.1. The van der Waals surface area contributed by atoms with Crippen molar-refractivity contribution in [1.82, 2.24) is 5.32 Å². The highest BCUT2D eigenvalue weighted by molar-refractivity contribution is 5.81. The molecule has 0 radical (unpaired) electrons. The molecule has 3 rings (SSSR count). The number of carbonyl (C=O) groups is 1. The molecule has 5 nitrogen and oxygen atoms in total. The summed E-state index contributed by atoms with van der Waals surface area (Å²) in [6.07, 6.45) is 0.210. The van der Waals surface area contributed by atoms with Crippen LogP contribution in [-0.2, 0) is 4.79 Å². The molecule has 0 aliphatic heterocycles. The molecule has 1 saturated carbocycles. The fourth-order valence-electron chi connectivity index (χ4n) is 2.88. The summed E-state index contributed by atoms with van der Waals surface area (Å²) >= 11 is 0. The lowest BCUT2D eigenvalue weighted by atomic mass is 10.1. The van der Waals surface area contributed by atoms with Crippen molar-refractivity contribution in [2.45, 2.75) is 31.4 Å². The molecule has 0 saturated heterocycles. The van der Waals surface area contributed by atoms with Gasteiger partial charge in [0.1, 0.15) is 17.6 Å². The predicted molar refractivity (Wildman–Crippen MR) is 93.5 cm³/mol. The smallest absolute Gasteiger partial charge is 0.261 e. The van der Waals surface area contributed by atoms with E-state index in [0.29, 0.717) is 11.3 Å². The molecule has 0 aromatic heterocycles. The minimum Gasteiger partial charge on any atom is -0.496 e. The number of carbonyl (C=O) groups excluding carboxylic acids is 1. The second kappa shape index (κ2) is 7.27. The van der Waals surface area contributed by atoms with Gasteiger partial charge in [-0.05, 0) is 37.1 Å². The lowest BCUT2D eigenvalue weighted by molar-refractivity contribution is -0.127. The maximum atomic E-state index is 12.4. The Morgan fingerprint density at radius 2 is 1.88 bits per heavy atom. The number of nitrogens with one attached hydrogen (secondary N) is 1. The zero-order chi connectivity index (χ0) is 17.8. The number of methoxy groups -OCH3 is 1. The summed E-state index contributed by atoms with van der Waals surface area (Å²) in [5, 5.41) is 12.1. The van der Waals surface area contributed by atoms with E-state index in [4.69, 9.17) is 14.7 Å². The first-order valence-electron chi connectivity index (χ1n) is 8.23. The summed E-state index contributed by atoms with van der Waals surface area (Å²) in [4.78, 5) is 12.4. The van der Waals surface area contributed by atoms with E-state index in [1.165, 1.54) is 0 Å². The van der Waals surface area contributed by atoms with Crippen molar-refractivity contribution in [1.29, 1.82) is 5.26 Å². The zero-order valence-corrected chi connectivity index (χ0v) is 14.2. The number of benzene rings is 2. The van der Waals surface area contributed by atoms with Crippen molar-refractivity contribution in [2.75, 3.05) is 7.11 Å². The lowest BCUT2D eigenvalue weighted by Gasteiger charge is -2.15. The Morgan fingerprint density at radius 3 is 2.60 bits per heavy atom. The average Bonchev–Trinajstić information content (AvgIpc) is 3.40. The number of nitrogens with zero attached hydrogens (tertiary/aromatic N) is 1.